The van der Waals surface area contributed by atoms with Gasteiger partial charge in [-0.1, -0.05) is 13.8 Å². The third-order valence-corrected chi connectivity index (χ3v) is 3.82. The molecule has 0 aromatic rings. The van der Waals surface area contributed by atoms with Crippen molar-refractivity contribution in [1.82, 2.24) is 0 Å². The second kappa shape index (κ2) is 3.62. The van der Waals surface area contributed by atoms with Gasteiger partial charge in [-0.3, -0.25) is 9.59 Å². The van der Waals surface area contributed by atoms with Crippen molar-refractivity contribution in [3.63, 3.8) is 0 Å². The lowest BCUT2D eigenvalue weighted by molar-refractivity contribution is -0.179. The SMILES string of the molecule is CCC1C(=O)CC(=O)OC12CCC(C)C2. The van der Waals surface area contributed by atoms with Gasteiger partial charge in [0.05, 0.1) is 5.92 Å². The summed E-state index contributed by atoms with van der Waals surface area (Å²) in [5.74, 6) is 0.277. The van der Waals surface area contributed by atoms with Crippen LogP contribution in [-0.4, -0.2) is 17.4 Å². The molecule has 1 aliphatic heterocycles. The quantitative estimate of drug-likeness (QED) is 0.491. The highest BCUT2D eigenvalue weighted by Crippen LogP contribution is 2.46. The van der Waals surface area contributed by atoms with E-state index in [2.05, 4.69) is 6.92 Å². The Balaban J connectivity index is 2.26. The van der Waals surface area contributed by atoms with Crippen molar-refractivity contribution < 1.29 is 14.3 Å². The van der Waals surface area contributed by atoms with Gasteiger partial charge in [-0.25, -0.2) is 0 Å². The molecule has 2 aliphatic rings. The summed E-state index contributed by atoms with van der Waals surface area (Å²) in [6, 6.07) is 0. The van der Waals surface area contributed by atoms with E-state index in [0.717, 1.165) is 25.7 Å². The molecule has 3 unspecified atom stereocenters. The fourth-order valence-corrected chi connectivity index (χ4v) is 3.19. The molecule has 0 radical (unpaired) electrons. The largest absolute Gasteiger partial charge is 0.458 e. The molecule has 2 rings (SSSR count). The Morgan fingerprint density at radius 3 is 2.73 bits per heavy atom. The summed E-state index contributed by atoms with van der Waals surface area (Å²) < 4.78 is 5.52. The van der Waals surface area contributed by atoms with E-state index in [1.54, 1.807) is 0 Å². The molecule has 3 nitrogen and oxygen atoms in total. The molecule has 1 aliphatic carbocycles. The van der Waals surface area contributed by atoms with Crippen molar-refractivity contribution in [3.8, 4) is 0 Å². The average Bonchev–Trinajstić information content (AvgIpc) is 2.47. The number of carbonyl (C=O) groups is 2. The Bertz CT molecular complexity index is 297. The van der Waals surface area contributed by atoms with Crippen molar-refractivity contribution in [2.45, 2.75) is 51.6 Å². The van der Waals surface area contributed by atoms with E-state index in [4.69, 9.17) is 4.74 Å². The van der Waals surface area contributed by atoms with E-state index in [9.17, 15) is 9.59 Å². The Labute approximate surface area is 90.2 Å². The van der Waals surface area contributed by atoms with E-state index >= 15 is 0 Å². The third-order valence-electron chi connectivity index (χ3n) is 3.82. The topological polar surface area (TPSA) is 43.4 Å². The Morgan fingerprint density at radius 1 is 1.47 bits per heavy atom. The van der Waals surface area contributed by atoms with E-state index < -0.39 is 5.60 Å². The summed E-state index contributed by atoms with van der Waals surface area (Å²) in [6.07, 6.45) is 3.57. The number of hydrogen-bond donors (Lipinski definition) is 0. The van der Waals surface area contributed by atoms with Crippen molar-refractivity contribution in [1.29, 1.82) is 0 Å². The van der Waals surface area contributed by atoms with Gasteiger partial charge in [0.2, 0.25) is 0 Å². The highest BCUT2D eigenvalue weighted by molar-refractivity contribution is 5.99. The Kier molecular flexibility index (Phi) is 2.57. The number of carbonyl (C=O) groups excluding carboxylic acids is 2. The number of rotatable bonds is 1. The molecular formula is C12H18O3. The third kappa shape index (κ3) is 1.68. The fraction of sp³-hybridized carbons (Fsp3) is 0.833. The molecule has 0 aromatic heterocycles. The smallest absolute Gasteiger partial charge is 0.313 e. The maximum absolute atomic E-state index is 11.8. The number of esters is 1. The molecule has 3 heteroatoms. The second-order valence-electron chi connectivity index (χ2n) is 4.99. The molecular weight excluding hydrogens is 192 g/mol. The molecule has 1 heterocycles. The predicted molar refractivity (Wildman–Crippen MR) is 55.2 cm³/mol. The van der Waals surface area contributed by atoms with Gasteiger partial charge >= 0.3 is 5.97 Å². The highest BCUT2D eigenvalue weighted by atomic mass is 16.6. The van der Waals surface area contributed by atoms with Gasteiger partial charge in [0.25, 0.3) is 0 Å². The van der Waals surface area contributed by atoms with Crippen molar-refractivity contribution in [3.05, 3.63) is 0 Å². The molecule has 0 bridgehead atoms. The van der Waals surface area contributed by atoms with Crippen LogP contribution in [0.3, 0.4) is 0 Å². The van der Waals surface area contributed by atoms with Gasteiger partial charge in [-0.15, -0.1) is 0 Å². The van der Waals surface area contributed by atoms with E-state index in [1.165, 1.54) is 0 Å². The van der Waals surface area contributed by atoms with Gasteiger partial charge in [0.1, 0.15) is 12.0 Å². The highest BCUT2D eigenvalue weighted by Gasteiger charge is 2.52. The number of ether oxygens (including phenoxy) is 1. The zero-order chi connectivity index (χ0) is 11.1. The van der Waals surface area contributed by atoms with Gasteiger partial charge in [0, 0.05) is 0 Å². The Hall–Kier alpha value is -0.860. The van der Waals surface area contributed by atoms with Gasteiger partial charge < -0.3 is 4.74 Å². The van der Waals surface area contributed by atoms with Crippen LogP contribution in [0.25, 0.3) is 0 Å². The zero-order valence-electron chi connectivity index (χ0n) is 9.41. The van der Waals surface area contributed by atoms with Crippen LogP contribution in [-0.2, 0) is 14.3 Å². The van der Waals surface area contributed by atoms with Gasteiger partial charge in [0.15, 0.2) is 5.78 Å². The molecule has 2 fully saturated rings. The summed E-state index contributed by atoms with van der Waals surface area (Å²) in [5, 5.41) is 0. The van der Waals surface area contributed by atoms with Crippen molar-refractivity contribution >= 4 is 11.8 Å². The summed E-state index contributed by atoms with van der Waals surface area (Å²) in [5.41, 5.74) is -0.444. The first-order valence-electron chi connectivity index (χ1n) is 5.82. The lowest BCUT2D eigenvalue weighted by atomic mass is 9.77. The van der Waals surface area contributed by atoms with Gasteiger partial charge in [-0.2, -0.15) is 0 Å². The summed E-state index contributed by atoms with van der Waals surface area (Å²) in [4.78, 5) is 23.2. The molecule has 15 heavy (non-hydrogen) atoms. The lowest BCUT2D eigenvalue weighted by Crippen LogP contribution is -2.49. The zero-order valence-corrected chi connectivity index (χ0v) is 9.41. The molecule has 1 saturated carbocycles. The first-order chi connectivity index (χ1) is 7.07. The van der Waals surface area contributed by atoms with Crippen LogP contribution in [0.2, 0.25) is 0 Å². The minimum absolute atomic E-state index is 0.0192. The normalized spacial score (nSPS) is 40.9. The van der Waals surface area contributed by atoms with Gasteiger partial charge in [-0.05, 0) is 31.6 Å². The monoisotopic (exact) mass is 210 g/mol. The minimum atomic E-state index is -0.444. The van der Waals surface area contributed by atoms with Crippen LogP contribution in [0.5, 0.6) is 0 Å². The summed E-state index contributed by atoms with van der Waals surface area (Å²) >= 11 is 0. The standard InChI is InChI=1S/C12H18O3/c1-3-9-10(13)6-11(14)15-12(9)5-4-8(2)7-12/h8-9H,3-7H2,1-2H3. The molecule has 3 atom stereocenters. The minimum Gasteiger partial charge on any atom is -0.458 e. The fourth-order valence-electron chi connectivity index (χ4n) is 3.19. The number of hydrogen-bond acceptors (Lipinski definition) is 3. The van der Waals surface area contributed by atoms with Crippen LogP contribution >= 0.6 is 0 Å². The number of ketones is 1. The summed E-state index contributed by atoms with van der Waals surface area (Å²) in [6.45, 7) is 4.17. The average molecular weight is 210 g/mol. The molecule has 0 N–H and O–H groups in total. The molecule has 1 saturated heterocycles. The number of Topliss-reactive ketones (excluding diaryl/α,β-unsaturated/α-hetero) is 1. The Morgan fingerprint density at radius 2 is 2.20 bits per heavy atom. The predicted octanol–water partition coefficient (Wildman–Crippen LogP) is 2.09. The van der Waals surface area contributed by atoms with Crippen LogP contribution in [0.4, 0.5) is 0 Å². The van der Waals surface area contributed by atoms with E-state index in [0.29, 0.717) is 5.92 Å². The van der Waals surface area contributed by atoms with Crippen molar-refractivity contribution in [2.75, 3.05) is 0 Å². The molecule has 0 amide bonds. The van der Waals surface area contributed by atoms with Crippen LogP contribution < -0.4 is 0 Å². The molecule has 1 spiro atoms. The van der Waals surface area contributed by atoms with E-state index in [-0.39, 0.29) is 24.1 Å². The van der Waals surface area contributed by atoms with Crippen molar-refractivity contribution in [2.24, 2.45) is 11.8 Å². The van der Waals surface area contributed by atoms with E-state index in [1.807, 2.05) is 6.92 Å². The maximum atomic E-state index is 11.8. The maximum Gasteiger partial charge on any atom is 0.313 e. The summed E-state index contributed by atoms with van der Waals surface area (Å²) in [7, 11) is 0. The first-order valence-corrected chi connectivity index (χ1v) is 5.82. The van der Waals surface area contributed by atoms with Crippen LogP contribution in [0.1, 0.15) is 46.0 Å². The molecule has 0 aromatic carbocycles. The second-order valence-corrected chi connectivity index (χ2v) is 4.99. The lowest BCUT2D eigenvalue weighted by Gasteiger charge is -2.39. The van der Waals surface area contributed by atoms with Crippen LogP contribution in [0.15, 0.2) is 0 Å². The van der Waals surface area contributed by atoms with Crippen LogP contribution in [0, 0.1) is 11.8 Å². The molecule has 84 valence electrons. The first kappa shape index (κ1) is 10.7.